The van der Waals surface area contributed by atoms with Crippen LogP contribution in [0.1, 0.15) is 6.92 Å². The van der Waals surface area contributed by atoms with Crippen LogP contribution in [-0.4, -0.2) is 12.8 Å². The fourth-order valence-corrected chi connectivity index (χ4v) is 4.00. The predicted molar refractivity (Wildman–Crippen MR) is 44.6 cm³/mol. The quantitative estimate of drug-likeness (QED) is 0.397. The first-order valence-electron chi connectivity index (χ1n) is 3.70. The van der Waals surface area contributed by atoms with Gasteiger partial charge in [0, 0.05) is 16.8 Å². The molecular weight excluding hydrogens is 416 g/mol. The van der Waals surface area contributed by atoms with Crippen LogP contribution < -0.4 is 3.07 Å². The Morgan fingerprint density at radius 2 is 1.79 bits per heavy atom. The zero-order valence-electron chi connectivity index (χ0n) is 7.73. The van der Waals surface area contributed by atoms with Crippen molar-refractivity contribution < 1.29 is 54.0 Å². The minimum atomic E-state index is -1.52. The maximum atomic E-state index is 10.5. The van der Waals surface area contributed by atoms with Crippen molar-refractivity contribution >= 4 is 15.8 Å². The number of benzene rings is 1. The van der Waals surface area contributed by atoms with Crippen LogP contribution in [0.25, 0.3) is 0 Å². The van der Waals surface area contributed by atoms with Gasteiger partial charge in [0.25, 0.3) is 0 Å². The Morgan fingerprint density at radius 3 is 2.21 bits per heavy atom. The van der Waals surface area contributed by atoms with Gasteiger partial charge in [-0.1, -0.05) is 0 Å². The van der Waals surface area contributed by atoms with Gasteiger partial charge in [-0.15, -0.1) is 0 Å². The van der Waals surface area contributed by atoms with E-state index in [9.17, 15) is 4.79 Å². The number of carbonyl (C=O) groups excluding carboxylic acids is 2. The average molecular weight is 425 g/mol. The van der Waals surface area contributed by atoms with Gasteiger partial charge in [0.1, 0.15) is 0 Å². The van der Waals surface area contributed by atoms with E-state index in [0.29, 0.717) is 0 Å². The van der Waals surface area contributed by atoms with E-state index in [1.165, 1.54) is 10.00 Å². The third kappa shape index (κ3) is 8.40. The molecule has 0 bridgehead atoms. The zero-order valence-corrected chi connectivity index (χ0v) is 14.3. The molecule has 0 unspecified atom stereocenters. The molecule has 0 saturated heterocycles. The van der Waals surface area contributed by atoms with Crippen LogP contribution in [0.5, 0.6) is 0 Å². The standard InChI is InChI=1S/C6H5.C2H4O2.CHO.Co.Hg/c1-2-4-6-5-3-1;1-2(3)4;1-2;;/h1-5H;1H3,(H,3,4);1H;;/q;;-1;;+1/p-1. The normalized spacial score (nSPS) is 6.93. The Balaban J connectivity index is 0. The Kier molecular flexibility index (Phi) is 12.6. The molecule has 1 rings (SSSR count). The fourth-order valence-electron chi connectivity index (χ4n) is 0.759. The molecule has 1 radical (unpaired) electrons. The largest absolute Gasteiger partial charge is 0.545 e. The molecule has 5 heteroatoms. The summed E-state index contributed by atoms with van der Waals surface area (Å²) < 4.78 is 6.25. The molecule has 14 heavy (non-hydrogen) atoms. The Hall–Kier alpha value is -0.198. The summed E-state index contributed by atoms with van der Waals surface area (Å²) in [6.07, 6.45) is 0. The Bertz CT molecular complexity index is 253. The van der Waals surface area contributed by atoms with Gasteiger partial charge in [0.15, 0.2) is 0 Å². The summed E-state index contributed by atoms with van der Waals surface area (Å²) in [5.74, 6) is -0.143. The average Bonchev–Trinajstić information content (AvgIpc) is 2.19. The molecule has 0 aliphatic heterocycles. The van der Waals surface area contributed by atoms with E-state index in [1.807, 2.05) is 30.3 Å². The summed E-state index contributed by atoms with van der Waals surface area (Å²) in [5.41, 5.74) is 0. The summed E-state index contributed by atoms with van der Waals surface area (Å²) >= 11 is -1.52. The molecule has 0 amide bonds. The SMILES string of the molecule is CC(=O)[O][Hg][c]1ccccc1.[CH-]=O.[Co]. The molecule has 0 aliphatic rings. The number of hydrogen-bond acceptors (Lipinski definition) is 3. The molecule has 0 heterocycles. The van der Waals surface area contributed by atoms with Crippen LogP contribution in [0.4, 0.5) is 0 Å². The molecule has 0 spiro atoms. The van der Waals surface area contributed by atoms with Crippen molar-refractivity contribution in [3.63, 3.8) is 0 Å². The monoisotopic (exact) mass is 426 g/mol. The third-order valence-electron chi connectivity index (χ3n) is 1.28. The summed E-state index contributed by atoms with van der Waals surface area (Å²) in [6.45, 7) is 4.71. The summed E-state index contributed by atoms with van der Waals surface area (Å²) in [5, 5.41) is 0. The Labute approximate surface area is 107 Å². The number of rotatable bonds is 2. The first kappa shape index (κ1) is 16.2. The van der Waals surface area contributed by atoms with Gasteiger partial charge < -0.3 is 4.79 Å². The van der Waals surface area contributed by atoms with Gasteiger partial charge in [0.2, 0.25) is 0 Å². The van der Waals surface area contributed by atoms with Crippen LogP contribution in [0.3, 0.4) is 0 Å². The summed E-state index contributed by atoms with van der Waals surface area (Å²) in [4.78, 5) is 18.2. The third-order valence-corrected chi connectivity index (χ3v) is 6.55. The van der Waals surface area contributed by atoms with E-state index in [1.54, 1.807) is 0 Å². The smallest absolute Gasteiger partial charge is 0 e. The minimum absolute atomic E-state index is 0. The predicted octanol–water partition coefficient (Wildman–Crippen LogP) is 0.596. The molecule has 0 N–H and O–H groups in total. The van der Waals surface area contributed by atoms with Gasteiger partial charge in [-0.05, 0) is 0 Å². The van der Waals surface area contributed by atoms with Gasteiger partial charge in [-0.2, -0.15) is 0 Å². The van der Waals surface area contributed by atoms with Crippen LogP contribution in [0.15, 0.2) is 30.3 Å². The van der Waals surface area contributed by atoms with Crippen molar-refractivity contribution in [1.82, 2.24) is 0 Å². The van der Waals surface area contributed by atoms with Gasteiger partial charge in [-0.25, -0.2) is 0 Å². The summed E-state index contributed by atoms with van der Waals surface area (Å²) in [7, 11) is 0. The molecule has 0 atom stereocenters. The van der Waals surface area contributed by atoms with Gasteiger partial charge >= 0.3 is 78.8 Å². The van der Waals surface area contributed by atoms with E-state index in [2.05, 4.69) is 6.79 Å². The second-order valence-electron chi connectivity index (χ2n) is 2.27. The molecule has 0 aliphatic carbocycles. The fraction of sp³-hybridized carbons (Fsp3) is 0.111. The number of hydrogen-bond donors (Lipinski definition) is 0. The molecule has 0 saturated carbocycles. The van der Waals surface area contributed by atoms with Gasteiger partial charge in [-0.3, -0.25) is 6.79 Å². The van der Waals surface area contributed by atoms with E-state index >= 15 is 0 Å². The van der Waals surface area contributed by atoms with E-state index in [-0.39, 0.29) is 22.7 Å². The zero-order chi connectivity index (χ0) is 10.1. The molecule has 75 valence electrons. The molecule has 0 fully saturated rings. The van der Waals surface area contributed by atoms with Crippen molar-refractivity contribution in [2.24, 2.45) is 0 Å². The summed E-state index contributed by atoms with van der Waals surface area (Å²) in [6, 6.07) is 9.94. The first-order chi connectivity index (χ1) is 6.29. The number of carbonyl (C=O) groups is 1. The Morgan fingerprint density at radius 1 is 1.29 bits per heavy atom. The molecule has 0 aromatic heterocycles. The van der Waals surface area contributed by atoms with Crippen LogP contribution >= 0.6 is 0 Å². The van der Waals surface area contributed by atoms with Gasteiger partial charge in [0.05, 0.1) is 0 Å². The van der Waals surface area contributed by atoms with Crippen LogP contribution in [0, 0.1) is 0 Å². The van der Waals surface area contributed by atoms with E-state index in [4.69, 9.17) is 7.44 Å². The molecule has 1 aromatic rings. The van der Waals surface area contributed by atoms with Crippen LogP contribution in [0.2, 0.25) is 0 Å². The second kappa shape index (κ2) is 10.9. The maximum Gasteiger partial charge on any atom is 0 e. The maximum absolute atomic E-state index is 10.5. The molecule has 1 aromatic carbocycles. The molecular formula is C9H9CoHgO3-. The van der Waals surface area contributed by atoms with Crippen molar-refractivity contribution in [3.05, 3.63) is 30.3 Å². The minimum Gasteiger partial charge on any atom is -0.545 e. The van der Waals surface area contributed by atoms with Crippen molar-refractivity contribution in [2.45, 2.75) is 6.92 Å². The van der Waals surface area contributed by atoms with Crippen molar-refractivity contribution in [2.75, 3.05) is 0 Å². The van der Waals surface area contributed by atoms with Crippen LogP contribution in [-0.2, 0) is 54.0 Å². The van der Waals surface area contributed by atoms with E-state index < -0.39 is 25.0 Å². The van der Waals surface area contributed by atoms with Crippen molar-refractivity contribution in [1.29, 1.82) is 0 Å². The molecule has 3 nitrogen and oxygen atoms in total. The van der Waals surface area contributed by atoms with E-state index in [0.717, 1.165) is 0 Å². The second-order valence-corrected chi connectivity index (χ2v) is 7.68. The van der Waals surface area contributed by atoms with Crippen molar-refractivity contribution in [3.8, 4) is 0 Å². The first-order valence-corrected chi connectivity index (χ1v) is 8.69. The topological polar surface area (TPSA) is 43.4 Å².